The van der Waals surface area contributed by atoms with Gasteiger partial charge in [0.15, 0.2) is 0 Å². The number of carboxylic acids is 1. The third-order valence-corrected chi connectivity index (χ3v) is 4.18. The normalized spacial score (nSPS) is 13.4. The number of aromatic amines is 1. The Morgan fingerprint density at radius 2 is 2.28 bits per heavy atom. The van der Waals surface area contributed by atoms with Crippen molar-refractivity contribution in [1.29, 1.82) is 0 Å². The van der Waals surface area contributed by atoms with Crippen LogP contribution < -0.4 is 4.72 Å². The first-order chi connectivity index (χ1) is 8.34. The molecular weight excluding hydrogens is 258 g/mol. The molecule has 0 bridgehead atoms. The van der Waals surface area contributed by atoms with Gasteiger partial charge in [0.25, 0.3) is 0 Å². The second kappa shape index (κ2) is 5.96. The van der Waals surface area contributed by atoms with Crippen LogP contribution in [0.4, 0.5) is 0 Å². The molecule has 0 radical (unpaired) electrons. The van der Waals surface area contributed by atoms with Crippen molar-refractivity contribution in [3.8, 4) is 0 Å². The molecule has 0 spiro atoms. The Morgan fingerprint density at radius 1 is 1.61 bits per heavy atom. The summed E-state index contributed by atoms with van der Waals surface area (Å²) in [5, 5.41) is 14.9. The van der Waals surface area contributed by atoms with Crippen LogP contribution in [0.15, 0.2) is 11.1 Å². The third-order valence-electron chi connectivity index (χ3n) is 2.60. The monoisotopic (exact) mass is 275 g/mol. The molecule has 0 aromatic carbocycles. The zero-order chi connectivity index (χ0) is 13.8. The Labute approximate surface area is 106 Å². The highest BCUT2D eigenvalue weighted by molar-refractivity contribution is 7.89. The zero-order valence-corrected chi connectivity index (χ0v) is 11.1. The van der Waals surface area contributed by atoms with Gasteiger partial charge in [-0.25, -0.2) is 13.1 Å². The van der Waals surface area contributed by atoms with E-state index in [1.165, 1.54) is 6.20 Å². The molecule has 1 heterocycles. The van der Waals surface area contributed by atoms with Gasteiger partial charge in [-0.3, -0.25) is 9.89 Å². The molecule has 1 aromatic heterocycles. The Bertz CT molecular complexity index is 509. The van der Waals surface area contributed by atoms with Gasteiger partial charge < -0.3 is 5.11 Å². The van der Waals surface area contributed by atoms with Crippen LogP contribution in [-0.4, -0.2) is 36.2 Å². The molecule has 0 aliphatic heterocycles. The summed E-state index contributed by atoms with van der Waals surface area (Å²) < 4.78 is 26.0. The smallest absolute Gasteiger partial charge is 0.306 e. The van der Waals surface area contributed by atoms with Crippen LogP contribution in [0.3, 0.4) is 0 Å². The number of carbonyl (C=O) groups is 1. The standard InChI is InChI=1S/C10H17N3O4S/c1-7(10(14)15)4-3-5-12-18(16,17)9-6-11-13-8(9)2/h6-7,12H,3-5H2,1-2H3,(H,11,13)(H,14,15). The van der Waals surface area contributed by atoms with E-state index in [1.807, 2.05) is 0 Å². The number of nitrogens with zero attached hydrogens (tertiary/aromatic N) is 1. The van der Waals surface area contributed by atoms with E-state index in [1.54, 1.807) is 13.8 Å². The molecule has 0 saturated carbocycles. The summed E-state index contributed by atoms with van der Waals surface area (Å²) in [6, 6.07) is 0. The summed E-state index contributed by atoms with van der Waals surface area (Å²) in [7, 11) is -3.56. The predicted octanol–water partition coefficient (Wildman–Crippen LogP) is 0.497. The Kier molecular flexibility index (Phi) is 4.85. The summed E-state index contributed by atoms with van der Waals surface area (Å²) in [6.45, 7) is 3.43. The van der Waals surface area contributed by atoms with E-state index in [0.29, 0.717) is 18.5 Å². The van der Waals surface area contributed by atoms with Gasteiger partial charge in [-0.05, 0) is 19.8 Å². The summed E-state index contributed by atoms with van der Waals surface area (Å²) in [5.41, 5.74) is 0.474. The highest BCUT2D eigenvalue weighted by Gasteiger charge is 2.18. The molecule has 1 rings (SSSR count). The van der Waals surface area contributed by atoms with Crippen molar-refractivity contribution in [2.45, 2.75) is 31.6 Å². The van der Waals surface area contributed by atoms with Crippen molar-refractivity contribution in [3.63, 3.8) is 0 Å². The van der Waals surface area contributed by atoms with Gasteiger partial charge in [0.05, 0.1) is 17.8 Å². The Hall–Kier alpha value is -1.41. The molecule has 0 aliphatic carbocycles. The van der Waals surface area contributed by atoms with E-state index < -0.39 is 21.9 Å². The van der Waals surface area contributed by atoms with Crippen molar-refractivity contribution in [2.24, 2.45) is 5.92 Å². The van der Waals surface area contributed by atoms with Crippen LogP contribution in [0.25, 0.3) is 0 Å². The van der Waals surface area contributed by atoms with Crippen LogP contribution in [0, 0.1) is 12.8 Å². The number of aryl methyl sites for hydroxylation is 1. The fraction of sp³-hybridized carbons (Fsp3) is 0.600. The average Bonchev–Trinajstić information content (AvgIpc) is 2.71. The number of nitrogens with one attached hydrogen (secondary N) is 2. The molecule has 3 N–H and O–H groups in total. The van der Waals surface area contributed by atoms with Crippen molar-refractivity contribution < 1.29 is 18.3 Å². The average molecular weight is 275 g/mol. The topological polar surface area (TPSA) is 112 Å². The number of rotatable bonds is 7. The number of aliphatic carboxylic acids is 1. The molecule has 0 fully saturated rings. The molecule has 1 aromatic rings. The van der Waals surface area contributed by atoms with E-state index in [9.17, 15) is 13.2 Å². The van der Waals surface area contributed by atoms with Crippen molar-refractivity contribution >= 4 is 16.0 Å². The molecule has 8 heteroatoms. The van der Waals surface area contributed by atoms with Crippen molar-refractivity contribution in [2.75, 3.05) is 6.54 Å². The molecule has 18 heavy (non-hydrogen) atoms. The molecule has 1 unspecified atom stereocenters. The minimum Gasteiger partial charge on any atom is -0.481 e. The summed E-state index contributed by atoms with van der Waals surface area (Å²) in [6.07, 6.45) is 2.16. The first-order valence-corrected chi connectivity index (χ1v) is 7.05. The van der Waals surface area contributed by atoms with Crippen LogP contribution in [0.2, 0.25) is 0 Å². The summed E-state index contributed by atoms with van der Waals surface area (Å²) in [5.74, 6) is -1.34. The van der Waals surface area contributed by atoms with Gasteiger partial charge in [-0.15, -0.1) is 0 Å². The SMILES string of the molecule is Cc1[nH]ncc1S(=O)(=O)NCCCC(C)C(=O)O. The molecule has 102 valence electrons. The lowest BCUT2D eigenvalue weighted by Gasteiger charge is -2.07. The van der Waals surface area contributed by atoms with Crippen LogP contribution in [0.5, 0.6) is 0 Å². The number of H-pyrrole nitrogens is 1. The molecular formula is C10H17N3O4S. The summed E-state index contributed by atoms with van der Waals surface area (Å²) in [4.78, 5) is 10.7. The largest absolute Gasteiger partial charge is 0.481 e. The van der Waals surface area contributed by atoms with E-state index in [-0.39, 0.29) is 11.4 Å². The van der Waals surface area contributed by atoms with Gasteiger partial charge in [-0.1, -0.05) is 6.92 Å². The first-order valence-electron chi connectivity index (χ1n) is 5.57. The second-order valence-electron chi connectivity index (χ2n) is 4.14. The van der Waals surface area contributed by atoms with E-state index in [0.717, 1.165) is 0 Å². The van der Waals surface area contributed by atoms with Crippen LogP contribution in [-0.2, 0) is 14.8 Å². The van der Waals surface area contributed by atoms with Gasteiger partial charge in [0.2, 0.25) is 10.0 Å². The first kappa shape index (κ1) is 14.7. The van der Waals surface area contributed by atoms with E-state index in [2.05, 4.69) is 14.9 Å². The highest BCUT2D eigenvalue weighted by atomic mass is 32.2. The van der Waals surface area contributed by atoms with Gasteiger partial charge in [0.1, 0.15) is 4.90 Å². The maximum absolute atomic E-state index is 11.8. The van der Waals surface area contributed by atoms with Gasteiger partial charge in [0, 0.05) is 6.54 Å². The fourth-order valence-electron chi connectivity index (χ4n) is 1.43. The van der Waals surface area contributed by atoms with Crippen LogP contribution in [0.1, 0.15) is 25.5 Å². The van der Waals surface area contributed by atoms with Gasteiger partial charge >= 0.3 is 5.97 Å². The number of aromatic nitrogens is 2. The Balaban J connectivity index is 2.45. The van der Waals surface area contributed by atoms with E-state index in [4.69, 9.17) is 5.11 Å². The summed E-state index contributed by atoms with van der Waals surface area (Å²) >= 11 is 0. The predicted molar refractivity (Wildman–Crippen MR) is 64.5 cm³/mol. The Morgan fingerprint density at radius 3 is 2.78 bits per heavy atom. The zero-order valence-electron chi connectivity index (χ0n) is 10.3. The molecule has 0 aliphatic rings. The number of hydrogen-bond donors (Lipinski definition) is 3. The lowest BCUT2D eigenvalue weighted by Crippen LogP contribution is -2.25. The maximum Gasteiger partial charge on any atom is 0.306 e. The number of hydrogen-bond acceptors (Lipinski definition) is 4. The third kappa shape index (κ3) is 3.81. The second-order valence-corrected chi connectivity index (χ2v) is 5.87. The molecule has 0 amide bonds. The lowest BCUT2D eigenvalue weighted by molar-refractivity contribution is -0.141. The highest BCUT2D eigenvalue weighted by Crippen LogP contribution is 2.11. The van der Waals surface area contributed by atoms with E-state index >= 15 is 0 Å². The fourth-order valence-corrected chi connectivity index (χ4v) is 2.64. The van der Waals surface area contributed by atoms with Gasteiger partial charge in [-0.2, -0.15) is 5.10 Å². The minimum atomic E-state index is -3.56. The molecule has 7 nitrogen and oxygen atoms in total. The number of carboxylic acid groups (broad SMARTS) is 1. The minimum absolute atomic E-state index is 0.119. The van der Waals surface area contributed by atoms with Crippen molar-refractivity contribution in [3.05, 3.63) is 11.9 Å². The van der Waals surface area contributed by atoms with Crippen LogP contribution >= 0.6 is 0 Å². The van der Waals surface area contributed by atoms with Crippen molar-refractivity contribution in [1.82, 2.24) is 14.9 Å². The lowest BCUT2D eigenvalue weighted by atomic mass is 10.1. The quantitative estimate of drug-likeness (QED) is 0.627. The molecule has 1 atom stereocenters. The molecule has 0 saturated heterocycles. The maximum atomic E-state index is 11.8. The number of sulfonamides is 1.